The van der Waals surface area contributed by atoms with Gasteiger partial charge in [0.05, 0.1) is 13.3 Å². The molecule has 0 saturated heterocycles. The van der Waals surface area contributed by atoms with Gasteiger partial charge in [-0.1, -0.05) is 23.8 Å². The van der Waals surface area contributed by atoms with E-state index < -0.39 is 5.97 Å². The van der Waals surface area contributed by atoms with Crippen molar-refractivity contribution in [1.29, 1.82) is 0 Å². The van der Waals surface area contributed by atoms with Gasteiger partial charge in [-0.2, -0.15) is 14.9 Å². The average molecular weight is 382 g/mol. The lowest BCUT2D eigenvalue weighted by Crippen LogP contribution is -2.03. The number of hydrogen-bond acceptors (Lipinski definition) is 6. The zero-order valence-corrected chi connectivity index (χ0v) is 15.9. The van der Waals surface area contributed by atoms with Gasteiger partial charge >= 0.3 is 5.97 Å². The van der Waals surface area contributed by atoms with Gasteiger partial charge in [0.15, 0.2) is 17.3 Å². The van der Waals surface area contributed by atoms with E-state index in [2.05, 4.69) is 15.3 Å². The molecule has 0 aliphatic heterocycles. The predicted octanol–water partition coefficient (Wildman–Crippen LogP) is 3.73. The van der Waals surface area contributed by atoms with Gasteiger partial charge in [0.2, 0.25) is 4.77 Å². The minimum Gasteiger partial charge on any atom is -0.493 e. The van der Waals surface area contributed by atoms with Gasteiger partial charge in [-0.3, -0.25) is 4.79 Å². The third-order valence-electron chi connectivity index (χ3n) is 3.69. The molecule has 0 saturated carbocycles. The Labute approximate surface area is 161 Å². The molecule has 0 spiro atoms. The highest BCUT2D eigenvalue weighted by molar-refractivity contribution is 7.71. The second-order valence-electron chi connectivity index (χ2n) is 5.78. The highest BCUT2D eigenvalue weighted by Gasteiger charge is 2.09. The molecule has 1 heterocycles. The number of aromatic amines is 1. The molecule has 0 amide bonds. The molecule has 0 radical (unpaired) electrons. The number of esters is 1. The van der Waals surface area contributed by atoms with Gasteiger partial charge in [0.25, 0.3) is 0 Å². The van der Waals surface area contributed by atoms with E-state index in [9.17, 15) is 4.79 Å². The molecule has 0 atom stereocenters. The molecule has 0 unspecified atom stereocenters. The second-order valence-corrected chi connectivity index (χ2v) is 6.17. The number of aromatic nitrogens is 3. The Balaban J connectivity index is 1.94. The minimum absolute atomic E-state index is 0.350. The van der Waals surface area contributed by atoms with E-state index in [0.29, 0.717) is 22.1 Å². The molecule has 0 aliphatic carbocycles. The Kier molecular flexibility index (Phi) is 5.46. The lowest BCUT2D eigenvalue weighted by molar-refractivity contribution is -0.132. The summed E-state index contributed by atoms with van der Waals surface area (Å²) < 4.78 is 12.3. The summed E-state index contributed by atoms with van der Waals surface area (Å²) in [5.41, 5.74) is 2.77. The van der Waals surface area contributed by atoms with Crippen LogP contribution >= 0.6 is 12.2 Å². The first kappa shape index (κ1) is 18.5. The standard InChI is InChI=1S/C19H18N4O3S/c1-12-5-4-6-15(9-12)18-21-22-19(27)23(18)20-11-14-7-8-16(26-13(2)24)17(10-14)25-3/h4-11H,1-3H3,(H,22,27)/b20-11-. The normalized spacial score (nSPS) is 10.9. The van der Waals surface area contributed by atoms with Crippen molar-refractivity contribution < 1.29 is 14.3 Å². The molecule has 27 heavy (non-hydrogen) atoms. The van der Waals surface area contributed by atoms with Gasteiger partial charge in [0, 0.05) is 12.5 Å². The molecule has 3 aromatic rings. The molecule has 3 rings (SSSR count). The number of rotatable bonds is 5. The number of ether oxygens (including phenoxy) is 2. The average Bonchev–Trinajstić information content (AvgIpc) is 3.01. The molecular weight excluding hydrogens is 364 g/mol. The van der Waals surface area contributed by atoms with Crippen LogP contribution in [0.3, 0.4) is 0 Å². The predicted molar refractivity (Wildman–Crippen MR) is 105 cm³/mol. The van der Waals surface area contributed by atoms with Crippen LogP contribution in [-0.2, 0) is 4.79 Å². The van der Waals surface area contributed by atoms with Crippen LogP contribution in [0.15, 0.2) is 47.6 Å². The lowest BCUT2D eigenvalue weighted by atomic mass is 10.1. The fourth-order valence-corrected chi connectivity index (χ4v) is 2.68. The number of nitrogens with zero attached hydrogens (tertiary/aromatic N) is 3. The van der Waals surface area contributed by atoms with E-state index in [-0.39, 0.29) is 0 Å². The molecule has 138 valence electrons. The van der Waals surface area contributed by atoms with Gasteiger partial charge in [-0.25, -0.2) is 5.10 Å². The van der Waals surface area contributed by atoms with E-state index >= 15 is 0 Å². The van der Waals surface area contributed by atoms with Crippen LogP contribution < -0.4 is 9.47 Å². The summed E-state index contributed by atoms with van der Waals surface area (Å²) in [6.45, 7) is 3.34. The van der Waals surface area contributed by atoms with Crippen molar-refractivity contribution in [3.05, 3.63) is 58.4 Å². The Morgan fingerprint density at radius 3 is 2.78 bits per heavy atom. The van der Waals surface area contributed by atoms with Crippen molar-refractivity contribution in [2.45, 2.75) is 13.8 Å². The van der Waals surface area contributed by atoms with Crippen LogP contribution in [-0.4, -0.2) is 34.2 Å². The Bertz CT molecular complexity index is 1070. The number of hydrogen-bond donors (Lipinski definition) is 1. The first-order valence-corrected chi connectivity index (χ1v) is 8.54. The van der Waals surface area contributed by atoms with Crippen LogP contribution in [0.1, 0.15) is 18.1 Å². The minimum atomic E-state index is -0.415. The van der Waals surface area contributed by atoms with Crippen LogP contribution in [0, 0.1) is 11.7 Å². The number of methoxy groups -OCH3 is 1. The number of nitrogens with one attached hydrogen (secondary N) is 1. The Hall–Kier alpha value is -3.26. The van der Waals surface area contributed by atoms with Gasteiger partial charge < -0.3 is 9.47 Å². The third kappa shape index (κ3) is 4.29. The highest BCUT2D eigenvalue weighted by Crippen LogP contribution is 2.27. The third-order valence-corrected chi connectivity index (χ3v) is 3.95. The van der Waals surface area contributed by atoms with E-state index in [1.807, 2.05) is 31.2 Å². The van der Waals surface area contributed by atoms with Gasteiger partial charge in [0.1, 0.15) is 0 Å². The summed E-state index contributed by atoms with van der Waals surface area (Å²) in [6.07, 6.45) is 1.63. The van der Waals surface area contributed by atoms with Gasteiger partial charge in [-0.05, 0) is 49.0 Å². The maximum Gasteiger partial charge on any atom is 0.308 e. The number of aryl methyl sites for hydroxylation is 1. The van der Waals surface area contributed by atoms with Gasteiger partial charge in [-0.15, -0.1) is 0 Å². The summed E-state index contributed by atoms with van der Waals surface area (Å²) in [5, 5.41) is 11.5. The topological polar surface area (TPSA) is 81.5 Å². The van der Waals surface area contributed by atoms with Crippen molar-refractivity contribution in [2.24, 2.45) is 5.10 Å². The summed E-state index contributed by atoms with van der Waals surface area (Å²) in [4.78, 5) is 11.2. The summed E-state index contributed by atoms with van der Waals surface area (Å²) in [6, 6.07) is 13.1. The first-order valence-electron chi connectivity index (χ1n) is 8.13. The molecule has 2 aromatic carbocycles. The molecular formula is C19H18N4O3S. The molecule has 1 N–H and O–H groups in total. The second kappa shape index (κ2) is 7.96. The number of benzene rings is 2. The smallest absolute Gasteiger partial charge is 0.308 e. The monoisotopic (exact) mass is 382 g/mol. The largest absolute Gasteiger partial charge is 0.493 e. The lowest BCUT2D eigenvalue weighted by Gasteiger charge is -2.08. The van der Waals surface area contributed by atoms with Crippen LogP contribution in [0.4, 0.5) is 0 Å². The summed E-state index contributed by atoms with van der Waals surface area (Å²) in [7, 11) is 1.51. The number of carbonyl (C=O) groups is 1. The summed E-state index contributed by atoms with van der Waals surface area (Å²) >= 11 is 5.29. The van der Waals surface area contributed by atoms with Crippen molar-refractivity contribution in [3.63, 3.8) is 0 Å². The Morgan fingerprint density at radius 1 is 1.26 bits per heavy atom. The van der Waals surface area contributed by atoms with Crippen molar-refractivity contribution in [2.75, 3.05) is 7.11 Å². The maximum atomic E-state index is 11.2. The molecule has 0 bridgehead atoms. The molecule has 1 aromatic heterocycles. The summed E-state index contributed by atoms with van der Waals surface area (Å²) in [5.74, 6) is 0.983. The van der Waals surface area contributed by atoms with Crippen molar-refractivity contribution >= 4 is 24.4 Å². The van der Waals surface area contributed by atoms with Crippen molar-refractivity contribution in [3.8, 4) is 22.9 Å². The fraction of sp³-hybridized carbons (Fsp3) is 0.158. The van der Waals surface area contributed by atoms with E-state index in [1.54, 1.807) is 29.1 Å². The zero-order valence-electron chi connectivity index (χ0n) is 15.1. The van der Waals surface area contributed by atoms with E-state index in [4.69, 9.17) is 21.7 Å². The quantitative estimate of drug-likeness (QED) is 0.315. The van der Waals surface area contributed by atoms with E-state index in [1.165, 1.54) is 14.0 Å². The number of H-pyrrole nitrogens is 1. The van der Waals surface area contributed by atoms with Crippen LogP contribution in [0.5, 0.6) is 11.5 Å². The molecule has 7 nitrogen and oxygen atoms in total. The maximum absolute atomic E-state index is 11.2. The SMILES string of the molecule is COc1cc(/C=N\n2c(-c3cccc(C)c3)n[nH]c2=S)ccc1OC(C)=O. The Morgan fingerprint density at radius 2 is 2.07 bits per heavy atom. The molecule has 8 heteroatoms. The molecule has 0 aliphatic rings. The first-order chi connectivity index (χ1) is 13.0. The van der Waals surface area contributed by atoms with Crippen LogP contribution in [0.25, 0.3) is 11.4 Å². The fourth-order valence-electron chi connectivity index (χ4n) is 2.50. The molecule has 0 fully saturated rings. The van der Waals surface area contributed by atoms with Crippen molar-refractivity contribution in [1.82, 2.24) is 14.9 Å². The number of carbonyl (C=O) groups excluding carboxylic acids is 1. The zero-order chi connectivity index (χ0) is 19.4. The van der Waals surface area contributed by atoms with E-state index in [0.717, 1.165) is 16.7 Å². The highest BCUT2D eigenvalue weighted by atomic mass is 32.1. The van der Waals surface area contributed by atoms with Crippen LogP contribution in [0.2, 0.25) is 0 Å².